The van der Waals surface area contributed by atoms with Gasteiger partial charge in [0, 0.05) is 11.1 Å². The zero-order chi connectivity index (χ0) is 29.5. The molecule has 0 bridgehead atoms. The second-order valence-electron chi connectivity index (χ2n) is 10.9. The summed E-state index contributed by atoms with van der Waals surface area (Å²) in [6.07, 6.45) is 2.64. The number of aromatic hydroxyl groups is 1. The molecular weight excluding hydrogens is 496 g/mol. The lowest BCUT2D eigenvalue weighted by molar-refractivity contribution is 0.100. The monoisotopic (exact) mass is 546 g/mol. The van der Waals surface area contributed by atoms with E-state index >= 15 is 0 Å². The molecule has 6 nitrogen and oxygen atoms in total. The largest absolute Gasteiger partial charge is 0.508 e. The van der Waals surface area contributed by atoms with Gasteiger partial charge < -0.3 is 19.4 Å². The molecule has 0 spiro atoms. The number of rotatable bonds is 10. The Labute approximate surface area is 231 Å². The van der Waals surface area contributed by atoms with E-state index in [2.05, 4.69) is 40.8 Å². The summed E-state index contributed by atoms with van der Waals surface area (Å²) in [6, 6.07) is 13.5. The second kappa shape index (κ2) is 17.2. The molecule has 1 atom stereocenters. The van der Waals surface area contributed by atoms with Crippen molar-refractivity contribution in [3.05, 3.63) is 59.7 Å². The molecule has 0 radical (unpaired) electrons. The third kappa shape index (κ3) is 13.9. The Balaban J connectivity index is 0.000000699. The third-order valence-corrected chi connectivity index (χ3v) is 11.2. The van der Waals surface area contributed by atoms with E-state index in [9.17, 15) is 9.59 Å². The highest BCUT2D eigenvalue weighted by molar-refractivity contribution is 6.74. The zero-order valence-corrected chi connectivity index (χ0v) is 26.1. The summed E-state index contributed by atoms with van der Waals surface area (Å²) < 4.78 is 12.2. The van der Waals surface area contributed by atoms with Crippen LogP contribution in [0.2, 0.25) is 18.1 Å². The molecule has 2 aromatic rings. The lowest BCUT2D eigenvalue weighted by Crippen LogP contribution is -2.43. The van der Waals surface area contributed by atoms with Crippen molar-refractivity contribution in [3.8, 4) is 11.5 Å². The quantitative estimate of drug-likeness (QED) is 0.233. The topological polar surface area (TPSA) is 93.1 Å². The van der Waals surface area contributed by atoms with Crippen LogP contribution in [0.5, 0.6) is 11.5 Å². The van der Waals surface area contributed by atoms with E-state index in [1.54, 1.807) is 31.2 Å². The lowest BCUT2D eigenvalue weighted by Gasteiger charge is -2.37. The minimum atomic E-state index is -1.75. The number of ketones is 2. The molecular formula is C31H50O6Si. The molecule has 0 saturated carbocycles. The van der Waals surface area contributed by atoms with Gasteiger partial charge in [-0.05, 0) is 99.8 Å². The summed E-state index contributed by atoms with van der Waals surface area (Å²) >= 11 is 0. The Morgan fingerprint density at radius 2 is 1.24 bits per heavy atom. The van der Waals surface area contributed by atoms with Gasteiger partial charge in [-0.2, -0.15) is 0 Å². The molecule has 1 unspecified atom stereocenters. The molecule has 2 rings (SSSR count). The van der Waals surface area contributed by atoms with Crippen LogP contribution in [0.3, 0.4) is 0 Å². The first kappa shape index (κ1) is 35.5. The number of phenolic OH excluding ortho intramolecular Hbond substituents is 1. The Bertz CT molecular complexity index is 942. The number of benzene rings is 2. The van der Waals surface area contributed by atoms with Crippen LogP contribution in [-0.4, -0.2) is 48.9 Å². The van der Waals surface area contributed by atoms with Crippen LogP contribution in [0, 0.1) is 0 Å². The first-order valence-corrected chi connectivity index (χ1v) is 16.4. The van der Waals surface area contributed by atoms with Gasteiger partial charge in [-0.25, -0.2) is 0 Å². The number of phenols is 1. The molecule has 7 heteroatoms. The van der Waals surface area contributed by atoms with Crippen LogP contribution >= 0.6 is 0 Å². The maximum Gasteiger partial charge on any atom is 0.192 e. The minimum absolute atomic E-state index is 0.0139. The van der Waals surface area contributed by atoms with Crippen molar-refractivity contribution in [3.63, 3.8) is 0 Å². The van der Waals surface area contributed by atoms with Crippen molar-refractivity contribution in [2.24, 2.45) is 0 Å². The maximum absolute atomic E-state index is 11.3. The van der Waals surface area contributed by atoms with Gasteiger partial charge in [-0.1, -0.05) is 41.5 Å². The number of hydrogen-bond acceptors (Lipinski definition) is 6. The van der Waals surface area contributed by atoms with Crippen LogP contribution in [-0.2, 0) is 4.43 Å². The van der Waals surface area contributed by atoms with E-state index in [1.165, 1.54) is 19.1 Å². The molecule has 0 heterocycles. The molecule has 0 saturated heterocycles. The summed E-state index contributed by atoms with van der Waals surface area (Å²) in [6.45, 7) is 20.9. The summed E-state index contributed by atoms with van der Waals surface area (Å²) in [4.78, 5) is 22.0. The fraction of sp³-hybridized carbons (Fsp3) is 0.548. The minimum Gasteiger partial charge on any atom is -0.508 e. The highest BCUT2D eigenvalue weighted by atomic mass is 28.4. The highest BCUT2D eigenvalue weighted by Gasteiger charge is 2.37. The number of carbonyl (C=O) groups excluding carboxylic acids is 2. The van der Waals surface area contributed by atoms with E-state index in [1.807, 2.05) is 26.0 Å². The predicted octanol–water partition coefficient (Wildman–Crippen LogP) is 7.83. The first-order chi connectivity index (χ1) is 17.6. The summed E-state index contributed by atoms with van der Waals surface area (Å²) in [5.41, 5.74) is 1.33. The number of carbonyl (C=O) groups is 2. The molecule has 0 aliphatic rings. The van der Waals surface area contributed by atoms with Crippen molar-refractivity contribution in [1.29, 1.82) is 0 Å². The van der Waals surface area contributed by atoms with Gasteiger partial charge in [0.25, 0.3) is 0 Å². The SMILES string of the molecule is CC(=O)c1ccc(O)cc1.CCC(CO[Si](C)(C)C(C)(C)C)Oc1ccc(C(C)=O)cc1.CCC(O)CC. The Hall–Kier alpha value is -2.48. The van der Waals surface area contributed by atoms with Crippen LogP contribution in [0.15, 0.2) is 48.5 Å². The van der Waals surface area contributed by atoms with E-state index in [4.69, 9.17) is 19.4 Å². The highest BCUT2D eigenvalue weighted by Crippen LogP contribution is 2.36. The Morgan fingerprint density at radius 3 is 1.55 bits per heavy atom. The van der Waals surface area contributed by atoms with Crippen LogP contribution in [0.25, 0.3) is 0 Å². The van der Waals surface area contributed by atoms with Gasteiger partial charge in [0.1, 0.15) is 17.6 Å². The van der Waals surface area contributed by atoms with Gasteiger partial charge in [0.05, 0.1) is 12.7 Å². The van der Waals surface area contributed by atoms with Crippen molar-refractivity contribution in [2.75, 3.05) is 6.61 Å². The standard InChI is InChI=1S/C18H30O3Si.C8H8O2.C5H12O/c1-8-16(13-20-22(6,7)18(3,4)5)21-17-11-9-15(10-12-17)14(2)19;1-6(9)7-2-4-8(10)5-3-7;1-3-5(6)4-2/h9-12,16H,8,13H2,1-7H3;2-5,10H,1H3;5-6H,3-4H2,1-2H3. The predicted molar refractivity (Wildman–Crippen MR) is 159 cm³/mol. The summed E-state index contributed by atoms with van der Waals surface area (Å²) in [5.74, 6) is 1.06. The van der Waals surface area contributed by atoms with Gasteiger partial charge in [0.15, 0.2) is 19.9 Å². The average molecular weight is 547 g/mol. The molecule has 214 valence electrons. The number of hydrogen-bond donors (Lipinski definition) is 2. The number of aliphatic hydroxyl groups is 1. The lowest BCUT2D eigenvalue weighted by atomic mass is 10.1. The van der Waals surface area contributed by atoms with Crippen LogP contribution < -0.4 is 4.74 Å². The molecule has 0 aromatic heterocycles. The number of Topliss-reactive ketones (excluding diaryl/α,β-unsaturated/α-hetero) is 2. The average Bonchev–Trinajstić information content (AvgIpc) is 2.86. The first-order valence-electron chi connectivity index (χ1n) is 13.5. The molecule has 38 heavy (non-hydrogen) atoms. The van der Waals surface area contributed by atoms with Crippen LogP contribution in [0.4, 0.5) is 0 Å². The van der Waals surface area contributed by atoms with Crippen molar-refractivity contribution in [2.45, 2.75) is 105 Å². The fourth-order valence-electron chi connectivity index (χ4n) is 2.70. The summed E-state index contributed by atoms with van der Waals surface area (Å²) in [5, 5.41) is 17.7. The van der Waals surface area contributed by atoms with Crippen molar-refractivity contribution >= 4 is 19.9 Å². The third-order valence-electron chi connectivity index (χ3n) is 6.67. The maximum atomic E-state index is 11.3. The number of aliphatic hydroxyl groups excluding tert-OH is 1. The van der Waals surface area contributed by atoms with E-state index in [-0.39, 0.29) is 34.6 Å². The number of ether oxygens (including phenoxy) is 1. The Morgan fingerprint density at radius 1 is 0.816 bits per heavy atom. The molecule has 2 N–H and O–H groups in total. The van der Waals surface area contributed by atoms with Gasteiger partial charge in [0.2, 0.25) is 0 Å². The molecule has 0 amide bonds. The van der Waals surface area contributed by atoms with E-state index in [0.29, 0.717) is 17.7 Å². The van der Waals surface area contributed by atoms with Gasteiger partial charge >= 0.3 is 0 Å². The van der Waals surface area contributed by atoms with Gasteiger partial charge in [-0.15, -0.1) is 0 Å². The Kier molecular flexibility index (Phi) is 16.1. The molecule has 0 aliphatic carbocycles. The summed E-state index contributed by atoms with van der Waals surface area (Å²) in [7, 11) is -1.75. The van der Waals surface area contributed by atoms with E-state index in [0.717, 1.165) is 25.0 Å². The smallest absolute Gasteiger partial charge is 0.192 e. The molecule has 2 aromatic carbocycles. The fourth-order valence-corrected chi connectivity index (χ4v) is 3.73. The molecule has 0 aliphatic heterocycles. The second-order valence-corrected chi connectivity index (χ2v) is 15.7. The molecule has 0 fully saturated rings. The zero-order valence-electron chi connectivity index (χ0n) is 25.1. The van der Waals surface area contributed by atoms with Crippen molar-refractivity contribution < 1.29 is 29.0 Å². The van der Waals surface area contributed by atoms with Crippen molar-refractivity contribution in [1.82, 2.24) is 0 Å². The van der Waals surface area contributed by atoms with Gasteiger partial charge in [-0.3, -0.25) is 9.59 Å². The van der Waals surface area contributed by atoms with E-state index < -0.39 is 8.32 Å². The van der Waals surface area contributed by atoms with Crippen LogP contribution in [0.1, 0.15) is 95.4 Å². The normalized spacial score (nSPS) is 12.0.